The van der Waals surface area contributed by atoms with Gasteiger partial charge in [0, 0.05) is 22.6 Å². The van der Waals surface area contributed by atoms with Gasteiger partial charge in [-0.05, 0) is 35.9 Å². The molecular formula is C24H22N6O. The molecule has 31 heavy (non-hydrogen) atoms. The van der Waals surface area contributed by atoms with E-state index in [1.807, 2.05) is 63.2 Å². The minimum atomic E-state index is -0.479. The Bertz CT molecular complexity index is 1390. The molecule has 3 N–H and O–H groups in total. The third kappa shape index (κ3) is 3.54. The van der Waals surface area contributed by atoms with Crippen molar-refractivity contribution in [2.75, 3.05) is 5.32 Å². The van der Waals surface area contributed by atoms with E-state index in [1.165, 1.54) is 0 Å². The van der Waals surface area contributed by atoms with E-state index in [0.29, 0.717) is 11.5 Å². The summed E-state index contributed by atoms with van der Waals surface area (Å²) in [6, 6.07) is 15.9. The molecule has 0 aliphatic heterocycles. The highest BCUT2D eigenvalue weighted by atomic mass is 16.2. The first-order chi connectivity index (χ1) is 14.9. The minimum Gasteiger partial charge on any atom is -0.337 e. The quantitative estimate of drug-likeness (QED) is 0.383. The third-order valence-electron chi connectivity index (χ3n) is 5.19. The van der Waals surface area contributed by atoms with Crippen LogP contribution in [0.2, 0.25) is 0 Å². The highest BCUT2D eigenvalue weighted by Gasteiger charge is 2.21. The number of aromatic amines is 2. The van der Waals surface area contributed by atoms with Gasteiger partial charge in [0.1, 0.15) is 5.69 Å². The number of anilines is 1. The Morgan fingerprint density at radius 2 is 1.81 bits per heavy atom. The summed E-state index contributed by atoms with van der Waals surface area (Å²) in [5.41, 5.74) is 5.63. The summed E-state index contributed by atoms with van der Waals surface area (Å²) in [7, 11) is 0. The Labute approximate surface area is 178 Å². The molecule has 154 valence electrons. The number of benzene rings is 2. The average Bonchev–Trinajstić information content (AvgIpc) is 3.36. The van der Waals surface area contributed by atoms with Gasteiger partial charge in [-0.25, -0.2) is 4.98 Å². The number of aromatic nitrogens is 5. The van der Waals surface area contributed by atoms with E-state index < -0.39 is 5.41 Å². The lowest BCUT2D eigenvalue weighted by Gasteiger charge is -2.17. The molecule has 5 aromatic rings. The molecule has 0 radical (unpaired) electrons. The molecular weight excluding hydrogens is 388 g/mol. The zero-order valence-electron chi connectivity index (χ0n) is 17.5. The van der Waals surface area contributed by atoms with E-state index in [4.69, 9.17) is 0 Å². The second-order valence-corrected chi connectivity index (χ2v) is 8.60. The van der Waals surface area contributed by atoms with Crippen LogP contribution >= 0.6 is 0 Å². The monoisotopic (exact) mass is 410 g/mol. The maximum Gasteiger partial charge on any atom is 0.229 e. The SMILES string of the molecule is CC(C)(C)C(=O)Nc1cncc(-c2ccc3[nH]nc(-c4nc5ccccc5[nH]4)c3c2)c1. The molecule has 7 nitrogen and oxygen atoms in total. The Hall–Kier alpha value is -4.00. The predicted octanol–water partition coefficient (Wildman–Crippen LogP) is 5.15. The van der Waals surface area contributed by atoms with Crippen molar-refractivity contribution in [3.63, 3.8) is 0 Å². The number of rotatable bonds is 3. The summed E-state index contributed by atoms with van der Waals surface area (Å²) in [5, 5.41) is 11.5. The van der Waals surface area contributed by atoms with Gasteiger partial charge in [0.25, 0.3) is 0 Å². The van der Waals surface area contributed by atoms with Crippen molar-refractivity contribution in [1.29, 1.82) is 0 Å². The van der Waals surface area contributed by atoms with E-state index >= 15 is 0 Å². The smallest absolute Gasteiger partial charge is 0.229 e. The molecule has 0 atom stereocenters. The van der Waals surface area contributed by atoms with Crippen LogP contribution < -0.4 is 5.32 Å². The lowest BCUT2D eigenvalue weighted by atomic mass is 9.95. The molecule has 5 rings (SSSR count). The first-order valence-electron chi connectivity index (χ1n) is 10.1. The van der Waals surface area contributed by atoms with E-state index in [9.17, 15) is 4.79 Å². The van der Waals surface area contributed by atoms with E-state index in [2.05, 4.69) is 36.5 Å². The minimum absolute atomic E-state index is 0.0519. The zero-order chi connectivity index (χ0) is 21.6. The van der Waals surface area contributed by atoms with Gasteiger partial charge in [-0.3, -0.25) is 14.9 Å². The first kappa shape index (κ1) is 19.0. The van der Waals surface area contributed by atoms with Crippen LogP contribution in [0.4, 0.5) is 5.69 Å². The highest BCUT2D eigenvalue weighted by molar-refractivity contribution is 5.97. The molecule has 0 aliphatic rings. The average molecular weight is 410 g/mol. The van der Waals surface area contributed by atoms with Crippen molar-refractivity contribution in [3.8, 4) is 22.6 Å². The van der Waals surface area contributed by atoms with Crippen LogP contribution in [-0.4, -0.2) is 31.1 Å². The second kappa shape index (κ2) is 7.05. The summed E-state index contributed by atoms with van der Waals surface area (Å²) in [6.45, 7) is 5.64. The fourth-order valence-electron chi connectivity index (χ4n) is 3.42. The molecule has 7 heteroatoms. The molecule has 0 fully saturated rings. The topological polar surface area (TPSA) is 99.3 Å². The van der Waals surface area contributed by atoms with Crippen LogP contribution in [0.1, 0.15) is 20.8 Å². The van der Waals surface area contributed by atoms with E-state index in [0.717, 1.165) is 38.8 Å². The van der Waals surface area contributed by atoms with Gasteiger partial charge in [0.2, 0.25) is 5.91 Å². The number of carbonyl (C=O) groups is 1. The molecule has 0 aliphatic carbocycles. The number of H-pyrrole nitrogens is 2. The number of amides is 1. The van der Waals surface area contributed by atoms with Crippen molar-refractivity contribution in [2.45, 2.75) is 20.8 Å². The number of imidazole rings is 1. The van der Waals surface area contributed by atoms with Crippen LogP contribution in [0, 0.1) is 5.41 Å². The Morgan fingerprint density at radius 3 is 2.61 bits per heavy atom. The zero-order valence-corrected chi connectivity index (χ0v) is 17.5. The summed E-state index contributed by atoms with van der Waals surface area (Å²) >= 11 is 0. The molecule has 3 heterocycles. The van der Waals surface area contributed by atoms with Gasteiger partial charge < -0.3 is 10.3 Å². The number of nitrogens with zero attached hydrogens (tertiary/aromatic N) is 3. The van der Waals surface area contributed by atoms with Gasteiger partial charge in [-0.15, -0.1) is 0 Å². The number of nitrogens with one attached hydrogen (secondary N) is 3. The number of hydrogen-bond donors (Lipinski definition) is 3. The third-order valence-corrected chi connectivity index (χ3v) is 5.19. The fraction of sp³-hybridized carbons (Fsp3) is 0.167. The van der Waals surface area contributed by atoms with Crippen LogP contribution in [0.5, 0.6) is 0 Å². The van der Waals surface area contributed by atoms with Crippen LogP contribution in [-0.2, 0) is 4.79 Å². The molecule has 3 aromatic heterocycles. The van der Waals surface area contributed by atoms with Gasteiger partial charge in [-0.1, -0.05) is 39.0 Å². The number of fused-ring (bicyclic) bond motifs is 2. The Balaban J connectivity index is 1.54. The number of para-hydroxylation sites is 2. The molecule has 2 aromatic carbocycles. The van der Waals surface area contributed by atoms with Gasteiger partial charge in [0.05, 0.1) is 28.4 Å². The summed E-state index contributed by atoms with van der Waals surface area (Å²) in [5.74, 6) is 0.665. The van der Waals surface area contributed by atoms with Crippen molar-refractivity contribution < 1.29 is 4.79 Å². The summed E-state index contributed by atoms with van der Waals surface area (Å²) < 4.78 is 0. The number of pyridine rings is 1. The molecule has 0 spiro atoms. The molecule has 0 unspecified atom stereocenters. The van der Waals surface area contributed by atoms with Crippen LogP contribution in [0.25, 0.3) is 44.6 Å². The largest absolute Gasteiger partial charge is 0.337 e. The van der Waals surface area contributed by atoms with Crippen molar-refractivity contribution in [2.24, 2.45) is 5.41 Å². The summed E-state index contributed by atoms with van der Waals surface area (Å²) in [4.78, 5) is 24.7. The van der Waals surface area contributed by atoms with Crippen molar-refractivity contribution in [3.05, 3.63) is 60.9 Å². The van der Waals surface area contributed by atoms with Gasteiger partial charge in [-0.2, -0.15) is 5.10 Å². The van der Waals surface area contributed by atoms with Gasteiger partial charge >= 0.3 is 0 Å². The van der Waals surface area contributed by atoms with Crippen molar-refractivity contribution in [1.82, 2.24) is 25.1 Å². The lowest BCUT2D eigenvalue weighted by molar-refractivity contribution is -0.123. The Kier molecular flexibility index (Phi) is 4.32. The van der Waals surface area contributed by atoms with Crippen molar-refractivity contribution >= 4 is 33.5 Å². The summed E-state index contributed by atoms with van der Waals surface area (Å²) in [6.07, 6.45) is 3.44. The highest BCUT2D eigenvalue weighted by Crippen LogP contribution is 2.31. The van der Waals surface area contributed by atoms with Gasteiger partial charge in [0.15, 0.2) is 5.82 Å². The first-order valence-corrected chi connectivity index (χ1v) is 10.1. The molecule has 1 amide bonds. The fourth-order valence-corrected chi connectivity index (χ4v) is 3.42. The van der Waals surface area contributed by atoms with E-state index in [-0.39, 0.29) is 5.91 Å². The Morgan fingerprint density at radius 1 is 0.968 bits per heavy atom. The predicted molar refractivity (Wildman–Crippen MR) is 122 cm³/mol. The molecule has 0 saturated carbocycles. The second-order valence-electron chi connectivity index (χ2n) is 8.60. The normalized spacial score (nSPS) is 11.8. The number of hydrogen-bond acceptors (Lipinski definition) is 4. The maximum absolute atomic E-state index is 12.3. The maximum atomic E-state index is 12.3. The molecule has 0 saturated heterocycles. The van der Waals surface area contributed by atoms with E-state index in [1.54, 1.807) is 12.4 Å². The molecule has 0 bridgehead atoms. The lowest BCUT2D eigenvalue weighted by Crippen LogP contribution is -2.27. The standard InChI is InChI=1S/C24H22N6O/c1-24(2,3)23(31)26-16-10-15(12-25-13-16)14-8-9-18-17(11-14)21(30-29-18)22-27-19-6-4-5-7-20(19)28-22/h4-13H,1-3H3,(H,26,31)(H,27,28)(H,29,30). The van der Waals surface area contributed by atoms with Crippen LogP contribution in [0.3, 0.4) is 0 Å². The number of carbonyl (C=O) groups excluding carboxylic acids is 1. The van der Waals surface area contributed by atoms with Crippen LogP contribution in [0.15, 0.2) is 60.9 Å².